The smallest absolute Gasteiger partial charge is 0.178 e. The number of aromatic nitrogens is 6. The van der Waals surface area contributed by atoms with Gasteiger partial charge in [-0.05, 0) is 12.1 Å². The molecule has 1 saturated heterocycles. The summed E-state index contributed by atoms with van der Waals surface area (Å²) in [5.74, 6) is 2.51. The van der Waals surface area contributed by atoms with Crippen LogP contribution in [-0.2, 0) is 5.41 Å². The minimum Gasteiger partial charge on any atom is -0.352 e. The maximum absolute atomic E-state index is 8.83. The third-order valence-electron chi connectivity index (χ3n) is 4.77. The molecule has 0 bridgehead atoms. The van der Waals surface area contributed by atoms with Gasteiger partial charge < -0.3 is 9.80 Å². The Morgan fingerprint density at radius 3 is 2.56 bits per heavy atom. The first-order valence-corrected chi connectivity index (χ1v) is 8.79. The third-order valence-corrected chi connectivity index (χ3v) is 4.77. The van der Waals surface area contributed by atoms with Crippen LogP contribution >= 0.6 is 0 Å². The maximum Gasteiger partial charge on any atom is 0.178 e. The third kappa shape index (κ3) is 3.03. The standard InChI is InChI=1S/C18H21N9/c1-18(2,3)17-23-22-14-5-6-15(24-27(14)17)26-10-13(11-26)25(4)16-9-20-12(7-19)8-21-16/h5-6,8-9,13H,10-11H2,1-4H3. The second kappa shape index (κ2) is 6.16. The number of nitriles is 1. The van der Waals surface area contributed by atoms with E-state index >= 15 is 0 Å². The molecule has 9 nitrogen and oxygen atoms in total. The highest BCUT2D eigenvalue weighted by Crippen LogP contribution is 2.25. The van der Waals surface area contributed by atoms with Crippen LogP contribution in [0, 0.1) is 11.3 Å². The van der Waals surface area contributed by atoms with E-state index in [-0.39, 0.29) is 5.41 Å². The van der Waals surface area contributed by atoms with Crippen LogP contribution in [0.1, 0.15) is 32.3 Å². The van der Waals surface area contributed by atoms with Crippen molar-refractivity contribution in [3.63, 3.8) is 0 Å². The van der Waals surface area contributed by atoms with E-state index in [1.165, 1.54) is 6.20 Å². The molecule has 0 aliphatic carbocycles. The molecule has 0 spiro atoms. The lowest BCUT2D eigenvalue weighted by Crippen LogP contribution is -2.59. The topological polar surface area (TPSA) is 99.1 Å². The van der Waals surface area contributed by atoms with E-state index in [1.54, 1.807) is 6.20 Å². The summed E-state index contributed by atoms with van der Waals surface area (Å²) in [5.41, 5.74) is 0.950. The van der Waals surface area contributed by atoms with Gasteiger partial charge in [-0.25, -0.2) is 9.97 Å². The Bertz CT molecular complexity index is 1000. The van der Waals surface area contributed by atoms with E-state index in [1.807, 2.05) is 29.8 Å². The van der Waals surface area contributed by atoms with Crippen molar-refractivity contribution in [1.29, 1.82) is 5.26 Å². The summed E-state index contributed by atoms with van der Waals surface area (Å²) in [4.78, 5) is 12.7. The van der Waals surface area contributed by atoms with E-state index in [0.717, 1.165) is 36.2 Å². The number of rotatable bonds is 3. The molecule has 27 heavy (non-hydrogen) atoms. The van der Waals surface area contributed by atoms with Crippen LogP contribution in [0.5, 0.6) is 0 Å². The van der Waals surface area contributed by atoms with Crippen LogP contribution < -0.4 is 9.80 Å². The van der Waals surface area contributed by atoms with Gasteiger partial charge in [-0.1, -0.05) is 20.8 Å². The lowest BCUT2D eigenvalue weighted by molar-refractivity contribution is 0.482. The molecule has 0 amide bonds. The largest absolute Gasteiger partial charge is 0.352 e. The Morgan fingerprint density at radius 2 is 1.93 bits per heavy atom. The van der Waals surface area contributed by atoms with Crippen molar-refractivity contribution in [2.24, 2.45) is 0 Å². The molecule has 3 aromatic rings. The van der Waals surface area contributed by atoms with Crippen molar-refractivity contribution < 1.29 is 0 Å². The molecule has 1 aliphatic heterocycles. The predicted molar refractivity (Wildman–Crippen MR) is 101 cm³/mol. The van der Waals surface area contributed by atoms with E-state index in [4.69, 9.17) is 10.4 Å². The van der Waals surface area contributed by atoms with Gasteiger partial charge in [-0.3, -0.25) is 0 Å². The number of nitrogens with zero attached hydrogens (tertiary/aromatic N) is 9. The lowest BCUT2D eigenvalue weighted by atomic mass is 9.96. The van der Waals surface area contributed by atoms with E-state index in [9.17, 15) is 0 Å². The van der Waals surface area contributed by atoms with Gasteiger partial charge >= 0.3 is 0 Å². The maximum atomic E-state index is 8.83. The summed E-state index contributed by atoms with van der Waals surface area (Å²) in [7, 11) is 1.99. The highest BCUT2D eigenvalue weighted by Gasteiger charge is 2.32. The van der Waals surface area contributed by atoms with Crippen molar-refractivity contribution in [2.75, 3.05) is 29.9 Å². The van der Waals surface area contributed by atoms with Gasteiger partial charge in [0.1, 0.15) is 17.7 Å². The second-order valence-corrected chi connectivity index (χ2v) is 7.78. The Balaban J connectivity index is 1.49. The average Bonchev–Trinajstić information content (AvgIpc) is 3.04. The first kappa shape index (κ1) is 17.1. The number of hydrogen-bond acceptors (Lipinski definition) is 8. The zero-order valence-corrected chi connectivity index (χ0v) is 15.8. The molecule has 0 atom stereocenters. The number of anilines is 2. The summed E-state index contributed by atoms with van der Waals surface area (Å²) < 4.78 is 1.83. The lowest BCUT2D eigenvalue weighted by Gasteiger charge is -2.44. The van der Waals surface area contributed by atoms with Gasteiger partial charge in [0.05, 0.1) is 18.4 Å². The predicted octanol–water partition coefficient (Wildman–Crippen LogP) is 1.41. The van der Waals surface area contributed by atoms with Crippen LogP contribution in [-0.4, -0.2) is 56.0 Å². The zero-order valence-electron chi connectivity index (χ0n) is 15.8. The molecule has 0 unspecified atom stereocenters. The minimum absolute atomic E-state index is 0.128. The van der Waals surface area contributed by atoms with Crippen molar-refractivity contribution in [3.05, 3.63) is 36.0 Å². The SMILES string of the molecule is CN(c1cnc(C#N)cn1)C1CN(c2ccc3nnc(C(C)(C)C)n3n2)C1. The van der Waals surface area contributed by atoms with Crippen molar-refractivity contribution in [3.8, 4) is 6.07 Å². The monoisotopic (exact) mass is 363 g/mol. The molecule has 1 aliphatic rings. The van der Waals surface area contributed by atoms with Gasteiger partial charge in [-0.15, -0.1) is 15.3 Å². The molecule has 138 valence electrons. The van der Waals surface area contributed by atoms with Crippen molar-refractivity contribution in [2.45, 2.75) is 32.2 Å². The average molecular weight is 363 g/mol. The van der Waals surface area contributed by atoms with Crippen LogP contribution in [0.25, 0.3) is 5.65 Å². The van der Waals surface area contributed by atoms with E-state index in [2.05, 4.69) is 50.7 Å². The van der Waals surface area contributed by atoms with Crippen LogP contribution in [0.3, 0.4) is 0 Å². The fourth-order valence-electron chi connectivity index (χ4n) is 3.05. The molecule has 0 saturated carbocycles. The molecule has 4 rings (SSSR count). The fraction of sp³-hybridized carbons (Fsp3) is 0.444. The summed E-state index contributed by atoms with van der Waals surface area (Å²) in [6.45, 7) is 7.98. The number of likely N-dealkylation sites (N-methyl/N-ethyl adjacent to an activating group) is 1. The normalized spacial score (nSPS) is 14.9. The Morgan fingerprint density at radius 1 is 1.15 bits per heavy atom. The minimum atomic E-state index is -0.128. The molecular formula is C18H21N9. The van der Waals surface area contributed by atoms with Crippen molar-refractivity contribution >= 4 is 17.3 Å². The highest BCUT2D eigenvalue weighted by atomic mass is 15.4. The fourth-order valence-corrected chi connectivity index (χ4v) is 3.05. The van der Waals surface area contributed by atoms with Gasteiger partial charge in [-0.2, -0.15) is 9.78 Å². The highest BCUT2D eigenvalue weighted by molar-refractivity contribution is 5.50. The molecule has 0 N–H and O–H groups in total. The Kier molecular flexibility index (Phi) is 3.91. The quantitative estimate of drug-likeness (QED) is 0.689. The molecule has 9 heteroatoms. The first-order valence-electron chi connectivity index (χ1n) is 8.79. The molecular weight excluding hydrogens is 342 g/mol. The van der Waals surface area contributed by atoms with Crippen LogP contribution in [0.4, 0.5) is 11.6 Å². The van der Waals surface area contributed by atoms with Crippen LogP contribution in [0.2, 0.25) is 0 Å². The van der Waals surface area contributed by atoms with E-state index in [0.29, 0.717) is 11.7 Å². The number of fused-ring (bicyclic) bond motifs is 1. The van der Waals surface area contributed by atoms with Gasteiger partial charge in [0.15, 0.2) is 17.2 Å². The van der Waals surface area contributed by atoms with Gasteiger partial charge in [0.25, 0.3) is 0 Å². The Hall–Kier alpha value is -3.28. The van der Waals surface area contributed by atoms with E-state index < -0.39 is 0 Å². The van der Waals surface area contributed by atoms with Gasteiger partial charge in [0.2, 0.25) is 0 Å². The summed E-state index contributed by atoms with van der Waals surface area (Å²) >= 11 is 0. The van der Waals surface area contributed by atoms with Gasteiger partial charge in [0, 0.05) is 25.6 Å². The first-order chi connectivity index (χ1) is 12.9. The van der Waals surface area contributed by atoms with Crippen molar-refractivity contribution in [1.82, 2.24) is 29.8 Å². The summed E-state index contributed by atoms with van der Waals surface area (Å²) in [6.07, 6.45) is 3.14. The summed E-state index contributed by atoms with van der Waals surface area (Å²) in [5, 5.41) is 22.1. The molecule has 3 aromatic heterocycles. The molecule has 4 heterocycles. The number of hydrogen-bond donors (Lipinski definition) is 0. The second-order valence-electron chi connectivity index (χ2n) is 7.78. The zero-order chi connectivity index (χ0) is 19.2. The Labute approximate surface area is 157 Å². The summed E-state index contributed by atoms with van der Waals surface area (Å²) in [6, 6.07) is 6.23. The molecule has 0 radical (unpaired) electrons. The van der Waals surface area contributed by atoms with Crippen LogP contribution in [0.15, 0.2) is 24.5 Å². The molecule has 1 fully saturated rings. The molecule has 0 aromatic carbocycles.